The minimum absolute atomic E-state index is 0.366. The van der Waals surface area contributed by atoms with Crippen molar-refractivity contribution in [3.8, 4) is 0 Å². The van der Waals surface area contributed by atoms with E-state index in [1.54, 1.807) is 0 Å². The Kier molecular flexibility index (Phi) is 5.23. The van der Waals surface area contributed by atoms with E-state index in [1.165, 1.54) is 5.56 Å². The second-order valence-electron chi connectivity index (χ2n) is 5.18. The van der Waals surface area contributed by atoms with Crippen LogP contribution in [0.1, 0.15) is 37.6 Å². The molecule has 1 aromatic carbocycles. The molecule has 0 aliphatic rings. The molecule has 1 unspecified atom stereocenters. The van der Waals surface area contributed by atoms with Crippen LogP contribution in [0.2, 0.25) is 0 Å². The van der Waals surface area contributed by atoms with Crippen molar-refractivity contribution >= 4 is 15.9 Å². The molecular weight excluding hydrogens is 302 g/mol. The third kappa shape index (κ3) is 4.51. The zero-order valence-electron chi connectivity index (χ0n) is 11.4. The van der Waals surface area contributed by atoms with Gasteiger partial charge in [-0.1, -0.05) is 44.2 Å². The standard InChI is InChI=1S/C16H20BrNO/c1-12(2)10-15(13-6-4-3-5-7-13)18-11-14-8-9-16(17)19-14/h3-9,12,15,18H,10-11H2,1-2H3. The summed E-state index contributed by atoms with van der Waals surface area (Å²) in [6.07, 6.45) is 1.12. The Hall–Kier alpha value is -1.06. The minimum atomic E-state index is 0.366. The van der Waals surface area contributed by atoms with Crippen LogP contribution in [-0.4, -0.2) is 0 Å². The van der Waals surface area contributed by atoms with Gasteiger partial charge in [-0.15, -0.1) is 0 Å². The molecule has 1 N–H and O–H groups in total. The van der Waals surface area contributed by atoms with Gasteiger partial charge < -0.3 is 9.73 Å². The van der Waals surface area contributed by atoms with E-state index in [0.29, 0.717) is 12.0 Å². The predicted molar refractivity (Wildman–Crippen MR) is 81.9 cm³/mol. The van der Waals surface area contributed by atoms with E-state index in [2.05, 4.69) is 65.4 Å². The first-order chi connectivity index (χ1) is 9.15. The van der Waals surface area contributed by atoms with E-state index in [0.717, 1.165) is 23.4 Å². The highest BCUT2D eigenvalue weighted by atomic mass is 79.9. The van der Waals surface area contributed by atoms with E-state index in [1.807, 2.05) is 12.1 Å². The van der Waals surface area contributed by atoms with Gasteiger partial charge in [0, 0.05) is 6.04 Å². The number of nitrogens with one attached hydrogen (secondary N) is 1. The average Bonchev–Trinajstić information content (AvgIpc) is 2.81. The molecule has 102 valence electrons. The summed E-state index contributed by atoms with van der Waals surface area (Å²) in [6, 6.07) is 14.9. The number of furan rings is 1. The summed E-state index contributed by atoms with van der Waals surface area (Å²) in [4.78, 5) is 0. The van der Waals surface area contributed by atoms with Crippen molar-refractivity contribution in [2.45, 2.75) is 32.9 Å². The summed E-state index contributed by atoms with van der Waals surface area (Å²) in [5.74, 6) is 1.61. The summed E-state index contributed by atoms with van der Waals surface area (Å²) in [5, 5.41) is 3.58. The van der Waals surface area contributed by atoms with Crippen LogP contribution in [-0.2, 0) is 6.54 Å². The molecule has 0 aliphatic heterocycles. The maximum Gasteiger partial charge on any atom is 0.169 e. The van der Waals surface area contributed by atoms with Gasteiger partial charge in [-0.3, -0.25) is 0 Å². The predicted octanol–water partition coefficient (Wildman–Crippen LogP) is 4.92. The molecule has 0 saturated carbocycles. The molecule has 2 rings (SSSR count). The molecule has 2 nitrogen and oxygen atoms in total. The van der Waals surface area contributed by atoms with E-state index in [9.17, 15) is 0 Å². The van der Waals surface area contributed by atoms with E-state index in [4.69, 9.17) is 4.42 Å². The van der Waals surface area contributed by atoms with Crippen LogP contribution in [0, 0.1) is 5.92 Å². The lowest BCUT2D eigenvalue weighted by Crippen LogP contribution is -2.22. The molecule has 0 saturated heterocycles. The minimum Gasteiger partial charge on any atom is -0.453 e. The Balaban J connectivity index is 2.02. The summed E-state index contributed by atoms with van der Waals surface area (Å²) < 4.78 is 6.31. The van der Waals surface area contributed by atoms with E-state index >= 15 is 0 Å². The molecule has 0 bridgehead atoms. The fraction of sp³-hybridized carbons (Fsp3) is 0.375. The maximum absolute atomic E-state index is 5.53. The number of hydrogen-bond donors (Lipinski definition) is 1. The molecule has 0 amide bonds. The number of hydrogen-bond acceptors (Lipinski definition) is 2. The van der Waals surface area contributed by atoms with Gasteiger partial charge in [-0.25, -0.2) is 0 Å². The molecular formula is C16H20BrNO. The molecule has 3 heteroatoms. The first kappa shape index (κ1) is 14.4. The largest absolute Gasteiger partial charge is 0.453 e. The van der Waals surface area contributed by atoms with Crippen LogP contribution in [0.3, 0.4) is 0 Å². The topological polar surface area (TPSA) is 25.2 Å². The number of halogens is 1. The Bertz CT molecular complexity index is 492. The SMILES string of the molecule is CC(C)CC(NCc1ccc(Br)o1)c1ccccc1. The molecule has 0 radical (unpaired) electrons. The number of rotatable bonds is 6. The van der Waals surface area contributed by atoms with Crippen molar-refractivity contribution in [2.24, 2.45) is 5.92 Å². The van der Waals surface area contributed by atoms with Crippen LogP contribution in [0.15, 0.2) is 51.6 Å². The van der Waals surface area contributed by atoms with Gasteiger partial charge in [-0.2, -0.15) is 0 Å². The second-order valence-corrected chi connectivity index (χ2v) is 5.96. The molecule has 19 heavy (non-hydrogen) atoms. The summed E-state index contributed by atoms with van der Waals surface area (Å²) in [7, 11) is 0. The lowest BCUT2D eigenvalue weighted by atomic mass is 9.97. The number of benzene rings is 1. The van der Waals surface area contributed by atoms with Crippen LogP contribution >= 0.6 is 15.9 Å². The maximum atomic E-state index is 5.53. The van der Waals surface area contributed by atoms with Gasteiger partial charge in [0.05, 0.1) is 6.54 Å². The van der Waals surface area contributed by atoms with Gasteiger partial charge in [0.1, 0.15) is 5.76 Å². The van der Waals surface area contributed by atoms with Crippen LogP contribution in [0.4, 0.5) is 0 Å². The Labute approximate surface area is 123 Å². The third-order valence-electron chi connectivity index (χ3n) is 3.06. The van der Waals surface area contributed by atoms with Crippen molar-refractivity contribution in [2.75, 3.05) is 0 Å². The van der Waals surface area contributed by atoms with Gasteiger partial charge in [0.2, 0.25) is 0 Å². The average molecular weight is 322 g/mol. The van der Waals surface area contributed by atoms with Crippen molar-refractivity contribution in [3.63, 3.8) is 0 Å². The first-order valence-corrected chi connectivity index (χ1v) is 7.47. The Morgan fingerprint density at radius 3 is 2.42 bits per heavy atom. The quantitative estimate of drug-likeness (QED) is 0.817. The van der Waals surface area contributed by atoms with Crippen molar-refractivity contribution in [1.82, 2.24) is 5.32 Å². The van der Waals surface area contributed by atoms with Crippen molar-refractivity contribution < 1.29 is 4.42 Å². The third-order valence-corrected chi connectivity index (χ3v) is 3.49. The Morgan fingerprint density at radius 1 is 1.11 bits per heavy atom. The highest BCUT2D eigenvalue weighted by Crippen LogP contribution is 2.22. The first-order valence-electron chi connectivity index (χ1n) is 6.67. The van der Waals surface area contributed by atoms with E-state index < -0.39 is 0 Å². The monoisotopic (exact) mass is 321 g/mol. The summed E-state index contributed by atoms with van der Waals surface area (Å²) >= 11 is 3.33. The molecule has 0 aliphatic carbocycles. The van der Waals surface area contributed by atoms with Gasteiger partial charge in [0.25, 0.3) is 0 Å². The Morgan fingerprint density at radius 2 is 1.84 bits per heavy atom. The smallest absolute Gasteiger partial charge is 0.169 e. The summed E-state index contributed by atoms with van der Waals surface area (Å²) in [6.45, 7) is 5.25. The lowest BCUT2D eigenvalue weighted by Gasteiger charge is -2.20. The highest BCUT2D eigenvalue weighted by molar-refractivity contribution is 9.10. The molecule has 2 aromatic rings. The molecule has 1 atom stereocenters. The fourth-order valence-corrected chi connectivity index (χ4v) is 2.50. The molecule has 1 aromatic heterocycles. The van der Waals surface area contributed by atoms with E-state index in [-0.39, 0.29) is 0 Å². The fourth-order valence-electron chi connectivity index (χ4n) is 2.16. The van der Waals surface area contributed by atoms with Gasteiger partial charge in [0.15, 0.2) is 4.67 Å². The molecule has 0 fully saturated rings. The van der Waals surface area contributed by atoms with Crippen molar-refractivity contribution in [3.05, 3.63) is 58.5 Å². The van der Waals surface area contributed by atoms with Crippen LogP contribution in [0.5, 0.6) is 0 Å². The molecule has 0 spiro atoms. The zero-order valence-corrected chi connectivity index (χ0v) is 13.0. The molecule has 1 heterocycles. The van der Waals surface area contributed by atoms with Crippen LogP contribution < -0.4 is 5.32 Å². The zero-order chi connectivity index (χ0) is 13.7. The van der Waals surface area contributed by atoms with Crippen molar-refractivity contribution in [1.29, 1.82) is 0 Å². The normalized spacial score (nSPS) is 12.8. The van der Waals surface area contributed by atoms with Crippen LogP contribution in [0.25, 0.3) is 0 Å². The lowest BCUT2D eigenvalue weighted by molar-refractivity contribution is 0.395. The second kappa shape index (κ2) is 6.92. The highest BCUT2D eigenvalue weighted by Gasteiger charge is 2.13. The van der Waals surface area contributed by atoms with Gasteiger partial charge in [-0.05, 0) is 46.0 Å². The van der Waals surface area contributed by atoms with Gasteiger partial charge >= 0.3 is 0 Å². The summed E-state index contributed by atoms with van der Waals surface area (Å²) in [5.41, 5.74) is 1.34.